The van der Waals surface area contributed by atoms with Crippen LogP contribution in [0.4, 0.5) is 4.79 Å². The van der Waals surface area contributed by atoms with Crippen LogP contribution >= 0.6 is 0 Å². The Labute approximate surface area is 218 Å². The highest BCUT2D eigenvalue weighted by molar-refractivity contribution is 5.89. The van der Waals surface area contributed by atoms with Crippen molar-refractivity contribution < 1.29 is 28.6 Å². The number of hydrogen-bond donors (Lipinski definition) is 1. The van der Waals surface area contributed by atoms with Crippen LogP contribution in [0.2, 0.25) is 0 Å². The molecular weight excluding hydrogens is 474 g/mol. The zero-order valence-corrected chi connectivity index (χ0v) is 22.4. The van der Waals surface area contributed by atoms with Gasteiger partial charge in [0.25, 0.3) is 0 Å². The van der Waals surface area contributed by atoms with E-state index in [0.717, 1.165) is 11.1 Å². The maximum Gasteiger partial charge on any atom is 0.408 e. The average molecular weight is 512 g/mol. The molecule has 3 rings (SSSR count). The Hall–Kier alpha value is -3.75. The molecule has 0 spiro atoms. The molecular formula is C28H37N3O6. The van der Waals surface area contributed by atoms with Crippen LogP contribution in [0.25, 0.3) is 0 Å². The van der Waals surface area contributed by atoms with E-state index in [1.54, 1.807) is 39.8 Å². The van der Waals surface area contributed by atoms with Crippen LogP contribution in [0.15, 0.2) is 48.5 Å². The average Bonchev–Trinajstić information content (AvgIpc) is 3.30. The fourth-order valence-electron chi connectivity index (χ4n) is 3.95. The Bertz CT molecular complexity index is 1100. The van der Waals surface area contributed by atoms with Gasteiger partial charge in [0.1, 0.15) is 11.6 Å². The van der Waals surface area contributed by atoms with E-state index in [4.69, 9.17) is 14.2 Å². The summed E-state index contributed by atoms with van der Waals surface area (Å²) in [5, 5.41) is 2.68. The van der Waals surface area contributed by atoms with Crippen LogP contribution < -0.4 is 14.8 Å². The van der Waals surface area contributed by atoms with E-state index in [1.165, 1.54) is 4.90 Å². The summed E-state index contributed by atoms with van der Waals surface area (Å²) in [4.78, 5) is 41.8. The second kappa shape index (κ2) is 12.0. The summed E-state index contributed by atoms with van der Waals surface area (Å²) in [6.07, 6.45) is 0.206. The third-order valence-electron chi connectivity index (χ3n) is 6.04. The minimum atomic E-state index is -0.883. The number of nitrogens with one attached hydrogen (secondary N) is 1. The molecule has 3 amide bonds. The lowest BCUT2D eigenvalue weighted by molar-refractivity contribution is -0.140. The van der Waals surface area contributed by atoms with E-state index in [-0.39, 0.29) is 37.6 Å². The summed E-state index contributed by atoms with van der Waals surface area (Å²) in [7, 11) is 3.28. The molecule has 0 saturated carbocycles. The maximum atomic E-state index is 13.3. The van der Waals surface area contributed by atoms with E-state index in [1.807, 2.05) is 55.5 Å². The summed E-state index contributed by atoms with van der Waals surface area (Å²) in [6, 6.07) is 14.1. The molecule has 9 nitrogen and oxygen atoms in total. The van der Waals surface area contributed by atoms with Crippen molar-refractivity contribution in [3.8, 4) is 11.5 Å². The molecule has 1 unspecified atom stereocenters. The second-order valence-corrected chi connectivity index (χ2v) is 10.3. The van der Waals surface area contributed by atoms with Gasteiger partial charge >= 0.3 is 6.09 Å². The number of benzene rings is 2. The standard InChI is InChI=1S/C28H37N3O6/c1-19(14-21-12-13-23-24(16-21)36-18-35-23)31(6)25(32)17-30(5)26(33)22(15-20-10-8-7-9-11-20)29-27(34)37-28(2,3)4/h7-13,16,19,22H,14-15,17-18H2,1-6H3,(H,29,34)/t19?,22-/m0/s1. The molecule has 200 valence electrons. The number of carbonyl (C=O) groups is 3. The molecule has 2 atom stereocenters. The van der Waals surface area contributed by atoms with Gasteiger partial charge in [0.2, 0.25) is 18.6 Å². The fourth-order valence-corrected chi connectivity index (χ4v) is 3.95. The smallest absolute Gasteiger partial charge is 0.408 e. The number of fused-ring (bicyclic) bond motifs is 1. The van der Waals surface area contributed by atoms with Gasteiger partial charge in [-0.2, -0.15) is 0 Å². The number of hydrogen-bond acceptors (Lipinski definition) is 6. The van der Waals surface area contributed by atoms with Crippen molar-refractivity contribution in [1.29, 1.82) is 0 Å². The Kier molecular flexibility index (Phi) is 9.02. The Morgan fingerprint density at radius 3 is 2.32 bits per heavy atom. The monoisotopic (exact) mass is 511 g/mol. The van der Waals surface area contributed by atoms with E-state index >= 15 is 0 Å². The topological polar surface area (TPSA) is 97.4 Å². The molecule has 1 aliphatic heterocycles. The number of carbonyl (C=O) groups excluding carboxylic acids is 3. The van der Waals surface area contributed by atoms with Gasteiger partial charge in [-0.25, -0.2) is 4.79 Å². The first-order chi connectivity index (χ1) is 17.4. The zero-order chi connectivity index (χ0) is 27.2. The normalized spacial score (nSPS) is 13.9. The van der Waals surface area contributed by atoms with Crippen LogP contribution in [0.1, 0.15) is 38.8 Å². The number of rotatable bonds is 9. The molecule has 9 heteroatoms. The number of amides is 3. The van der Waals surface area contributed by atoms with E-state index in [2.05, 4.69) is 5.32 Å². The third-order valence-corrected chi connectivity index (χ3v) is 6.04. The minimum Gasteiger partial charge on any atom is -0.454 e. The lowest BCUT2D eigenvalue weighted by Crippen LogP contribution is -2.52. The van der Waals surface area contributed by atoms with Crippen LogP contribution in [0, 0.1) is 0 Å². The van der Waals surface area contributed by atoms with E-state index < -0.39 is 17.7 Å². The fraction of sp³-hybridized carbons (Fsp3) is 0.464. The van der Waals surface area contributed by atoms with Gasteiger partial charge in [0.15, 0.2) is 11.5 Å². The summed E-state index contributed by atoms with van der Waals surface area (Å²) in [6.45, 7) is 7.31. The van der Waals surface area contributed by atoms with Gasteiger partial charge in [-0.3, -0.25) is 9.59 Å². The lowest BCUT2D eigenvalue weighted by atomic mass is 10.0. The second-order valence-electron chi connectivity index (χ2n) is 10.3. The van der Waals surface area contributed by atoms with Gasteiger partial charge in [0.05, 0.1) is 6.54 Å². The third kappa shape index (κ3) is 8.13. The minimum absolute atomic E-state index is 0.114. The molecule has 2 aromatic carbocycles. The molecule has 0 bridgehead atoms. The van der Waals surface area contributed by atoms with Crippen LogP contribution in [-0.2, 0) is 27.2 Å². The first-order valence-electron chi connectivity index (χ1n) is 12.4. The van der Waals surface area contributed by atoms with E-state index in [9.17, 15) is 14.4 Å². The van der Waals surface area contributed by atoms with Crippen molar-refractivity contribution in [2.75, 3.05) is 27.4 Å². The van der Waals surface area contributed by atoms with E-state index in [0.29, 0.717) is 17.9 Å². The quantitative estimate of drug-likeness (QED) is 0.554. The van der Waals surface area contributed by atoms with Crippen molar-refractivity contribution in [1.82, 2.24) is 15.1 Å². The summed E-state index contributed by atoms with van der Waals surface area (Å²) >= 11 is 0. The van der Waals surface area contributed by atoms with Gasteiger partial charge in [-0.05, 0) is 57.4 Å². The molecule has 0 aliphatic carbocycles. The summed E-state index contributed by atoms with van der Waals surface area (Å²) < 4.78 is 16.2. The van der Waals surface area contributed by atoms with Crippen molar-refractivity contribution in [2.24, 2.45) is 0 Å². The van der Waals surface area contributed by atoms with Gasteiger partial charge in [-0.15, -0.1) is 0 Å². The van der Waals surface area contributed by atoms with Crippen molar-refractivity contribution in [2.45, 2.75) is 58.2 Å². The highest BCUT2D eigenvalue weighted by atomic mass is 16.7. The summed E-state index contributed by atoms with van der Waals surface area (Å²) in [5.41, 5.74) is 1.19. The van der Waals surface area contributed by atoms with Gasteiger partial charge in [-0.1, -0.05) is 36.4 Å². The summed E-state index contributed by atoms with van der Waals surface area (Å²) in [5.74, 6) is 0.830. The molecule has 1 aliphatic rings. The first-order valence-corrected chi connectivity index (χ1v) is 12.4. The van der Waals surface area contributed by atoms with Crippen molar-refractivity contribution in [3.63, 3.8) is 0 Å². The predicted octanol–water partition coefficient (Wildman–Crippen LogP) is 3.40. The Morgan fingerprint density at radius 1 is 0.973 bits per heavy atom. The molecule has 0 aromatic heterocycles. The van der Waals surface area contributed by atoms with Crippen LogP contribution in [-0.4, -0.2) is 72.8 Å². The number of ether oxygens (including phenoxy) is 3. The molecule has 1 N–H and O–H groups in total. The number of nitrogens with zero attached hydrogens (tertiary/aromatic N) is 2. The van der Waals surface area contributed by atoms with Crippen molar-refractivity contribution in [3.05, 3.63) is 59.7 Å². The van der Waals surface area contributed by atoms with Gasteiger partial charge in [0, 0.05) is 26.6 Å². The molecule has 1 heterocycles. The Balaban J connectivity index is 1.62. The first kappa shape index (κ1) is 27.8. The molecule has 0 fully saturated rings. The number of alkyl carbamates (subject to hydrolysis) is 1. The molecule has 2 aromatic rings. The zero-order valence-electron chi connectivity index (χ0n) is 22.4. The largest absolute Gasteiger partial charge is 0.454 e. The van der Waals surface area contributed by atoms with Crippen molar-refractivity contribution >= 4 is 17.9 Å². The molecule has 0 saturated heterocycles. The predicted molar refractivity (Wildman–Crippen MR) is 139 cm³/mol. The molecule has 0 radical (unpaired) electrons. The highest BCUT2D eigenvalue weighted by Gasteiger charge is 2.29. The van der Waals surface area contributed by atoms with Crippen LogP contribution in [0.3, 0.4) is 0 Å². The molecule has 37 heavy (non-hydrogen) atoms. The highest BCUT2D eigenvalue weighted by Crippen LogP contribution is 2.33. The van der Waals surface area contributed by atoms with Crippen LogP contribution in [0.5, 0.6) is 11.5 Å². The SMILES string of the molecule is CC(Cc1ccc2c(c1)OCO2)N(C)C(=O)CN(C)C(=O)[C@H](Cc1ccccc1)NC(=O)OC(C)(C)C. The van der Waals surface area contributed by atoms with Gasteiger partial charge < -0.3 is 29.3 Å². The lowest BCUT2D eigenvalue weighted by Gasteiger charge is -2.29. The maximum absolute atomic E-state index is 13.3. The Morgan fingerprint density at radius 2 is 1.65 bits per heavy atom. The number of likely N-dealkylation sites (N-methyl/N-ethyl adjacent to an activating group) is 2.